The maximum atomic E-state index is 12.1. The standard InChI is InChI=1S/C16H19NO2/c1-3-9-17-14-8-7-12-11(13(14)10-16(17)18)5-4-6-15(12)19-2/h3-6,13-14H,1,7-10H2,2H3/t13-,14-/m1/s1. The Bertz CT molecular complexity index is 523. The fourth-order valence-electron chi connectivity index (χ4n) is 3.58. The monoisotopic (exact) mass is 257 g/mol. The molecule has 3 nitrogen and oxygen atoms in total. The summed E-state index contributed by atoms with van der Waals surface area (Å²) in [6.45, 7) is 4.42. The number of rotatable bonds is 3. The largest absolute Gasteiger partial charge is 0.496 e. The fourth-order valence-corrected chi connectivity index (χ4v) is 3.58. The highest BCUT2D eigenvalue weighted by Gasteiger charge is 2.43. The van der Waals surface area contributed by atoms with Gasteiger partial charge in [-0.05, 0) is 30.0 Å². The molecule has 1 aliphatic heterocycles. The highest BCUT2D eigenvalue weighted by Crippen LogP contribution is 2.44. The van der Waals surface area contributed by atoms with Gasteiger partial charge in [-0.25, -0.2) is 0 Å². The van der Waals surface area contributed by atoms with Crippen molar-refractivity contribution in [2.75, 3.05) is 13.7 Å². The van der Waals surface area contributed by atoms with Crippen molar-refractivity contribution in [3.63, 3.8) is 0 Å². The first-order chi connectivity index (χ1) is 9.26. The van der Waals surface area contributed by atoms with Crippen LogP contribution >= 0.6 is 0 Å². The summed E-state index contributed by atoms with van der Waals surface area (Å²) in [4.78, 5) is 14.1. The van der Waals surface area contributed by atoms with Gasteiger partial charge in [0.1, 0.15) is 5.75 Å². The summed E-state index contributed by atoms with van der Waals surface area (Å²) in [5.41, 5.74) is 2.59. The highest BCUT2D eigenvalue weighted by atomic mass is 16.5. The molecular formula is C16H19NO2. The zero-order chi connectivity index (χ0) is 13.4. The van der Waals surface area contributed by atoms with Crippen LogP contribution in [-0.2, 0) is 11.2 Å². The molecule has 3 heteroatoms. The highest BCUT2D eigenvalue weighted by molar-refractivity contribution is 5.81. The van der Waals surface area contributed by atoms with Crippen molar-refractivity contribution in [1.82, 2.24) is 4.90 Å². The molecule has 0 spiro atoms. The van der Waals surface area contributed by atoms with E-state index in [1.165, 1.54) is 11.1 Å². The molecular weight excluding hydrogens is 238 g/mol. The molecule has 0 bridgehead atoms. The van der Waals surface area contributed by atoms with Gasteiger partial charge in [-0.3, -0.25) is 4.79 Å². The van der Waals surface area contributed by atoms with Crippen molar-refractivity contribution in [2.45, 2.75) is 31.2 Å². The van der Waals surface area contributed by atoms with Crippen molar-refractivity contribution in [1.29, 1.82) is 0 Å². The molecule has 2 atom stereocenters. The van der Waals surface area contributed by atoms with Gasteiger partial charge in [0, 0.05) is 24.9 Å². The van der Waals surface area contributed by atoms with Gasteiger partial charge in [-0.2, -0.15) is 0 Å². The molecule has 2 aliphatic rings. The van der Waals surface area contributed by atoms with Crippen LogP contribution in [-0.4, -0.2) is 30.5 Å². The average molecular weight is 257 g/mol. The second kappa shape index (κ2) is 4.72. The Morgan fingerprint density at radius 1 is 1.53 bits per heavy atom. The second-order valence-electron chi connectivity index (χ2n) is 5.28. The van der Waals surface area contributed by atoms with E-state index in [0.717, 1.165) is 18.6 Å². The number of fused-ring (bicyclic) bond motifs is 3. The molecule has 1 heterocycles. The minimum Gasteiger partial charge on any atom is -0.496 e. The van der Waals surface area contributed by atoms with Crippen LogP contribution in [0.1, 0.15) is 29.9 Å². The van der Waals surface area contributed by atoms with Gasteiger partial charge in [-0.15, -0.1) is 6.58 Å². The number of hydrogen-bond acceptors (Lipinski definition) is 2. The Kier molecular flexibility index (Phi) is 3.05. The molecule has 19 heavy (non-hydrogen) atoms. The van der Waals surface area contributed by atoms with Crippen LogP contribution in [0.5, 0.6) is 5.75 Å². The van der Waals surface area contributed by atoms with Crippen LogP contribution in [0.15, 0.2) is 30.9 Å². The summed E-state index contributed by atoms with van der Waals surface area (Å²) in [7, 11) is 1.71. The number of ether oxygens (including phenoxy) is 1. The molecule has 0 N–H and O–H groups in total. The summed E-state index contributed by atoms with van der Waals surface area (Å²) in [5.74, 6) is 1.54. The third-order valence-electron chi connectivity index (χ3n) is 4.38. The van der Waals surface area contributed by atoms with Crippen molar-refractivity contribution in [2.24, 2.45) is 0 Å². The first kappa shape index (κ1) is 12.3. The van der Waals surface area contributed by atoms with Crippen LogP contribution in [0.3, 0.4) is 0 Å². The van der Waals surface area contributed by atoms with Crippen molar-refractivity contribution in [3.05, 3.63) is 42.0 Å². The Morgan fingerprint density at radius 3 is 3.11 bits per heavy atom. The van der Waals surface area contributed by atoms with E-state index >= 15 is 0 Å². The predicted octanol–water partition coefficient (Wildman–Crippen LogP) is 2.51. The summed E-state index contributed by atoms with van der Waals surface area (Å²) < 4.78 is 5.45. The van der Waals surface area contributed by atoms with Gasteiger partial charge in [-0.1, -0.05) is 18.2 Å². The molecule has 0 aromatic heterocycles. The molecule has 1 aromatic rings. The van der Waals surface area contributed by atoms with Gasteiger partial charge in [0.25, 0.3) is 0 Å². The number of carbonyl (C=O) groups excluding carboxylic acids is 1. The van der Waals surface area contributed by atoms with Crippen molar-refractivity contribution >= 4 is 5.91 Å². The third kappa shape index (κ3) is 1.84. The number of likely N-dealkylation sites (tertiary alicyclic amines) is 1. The van der Waals surface area contributed by atoms with E-state index in [0.29, 0.717) is 24.9 Å². The number of amides is 1. The lowest BCUT2D eigenvalue weighted by Crippen LogP contribution is -2.37. The first-order valence-electron chi connectivity index (χ1n) is 6.82. The van der Waals surface area contributed by atoms with E-state index in [1.807, 2.05) is 23.1 Å². The number of methoxy groups -OCH3 is 1. The van der Waals surface area contributed by atoms with E-state index in [-0.39, 0.29) is 5.91 Å². The van der Waals surface area contributed by atoms with Gasteiger partial charge >= 0.3 is 0 Å². The number of hydrogen-bond donors (Lipinski definition) is 0. The van der Waals surface area contributed by atoms with Crippen molar-refractivity contribution < 1.29 is 9.53 Å². The Morgan fingerprint density at radius 2 is 2.37 bits per heavy atom. The molecule has 1 aliphatic carbocycles. The minimum atomic E-state index is 0.255. The maximum absolute atomic E-state index is 12.1. The molecule has 3 rings (SSSR count). The van der Waals surface area contributed by atoms with E-state index in [1.54, 1.807) is 7.11 Å². The lowest BCUT2D eigenvalue weighted by Gasteiger charge is -2.33. The third-order valence-corrected chi connectivity index (χ3v) is 4.38. The SMILES string of the molecule is C=CCN1C(=O)C[C@@H]2c3cccc(OC)c3CC[C@H]21. The van der Waals surface area contributed by atoms with Gasteiger partial charge in [0.15, 0.2) is 0 Å². The van der Waals surface area contributed by atoms with Crippen LogP contribution in [0.2, 0.25) is 0 Å². The van der Waals surface area contributed by atoms with Gasteiger partial charge in [0.2, 0.25) is 5.91 Å². The summed E-state index contributed by atoms with van der Waals surface area (Å²) in [6, 6.07) is 6.53. The zero-order valence-electron chi connectivity index (χ0n) is 11.3. The Hall–Kier alpha value is -1.77. The molecule has 0 unspecified atom stereocenters. The van der Waals surface area contributed by atoms with E-state index in [4.69, 9.17) is 4.74 Å². The van der Waals surface area contributed by atoms with Crippen LogP contribution in [0.25, 0.3) is 0 Å². The molecule has 1 aromatic carbocycles. The normalized spacial score (nSPS) is 24.9. The summed E-state index contributed by atoms with van der Waals surface area (Å²) in [6.07, 6.45) is 4.46. The molecule has 1 saturated heterocycles. The summed E-state index contributed by atoms with van der Waals surface area (Å²) in [5, 5.41) is 0. The fraction of sp³-hybridized carbons (Fsp3) is 0.438. The topological polar surface area (TPSA) is 29.5 Å². The lowest BCUT2D eigenvalue weighted by molar-refractivity contribution is -0.128. The van der Waals surface area contributed by atoms with E-state index < -0.39 is 0 Å². The predicted molar refractivity (Wildman–Crippen MR) is 74.4 cm³/mol. The second-order valence-corrected chi connectivity index (χ2v) is 5.28. The Balaban J connectivity index is 1.99. The molecule has 1 amide bonds. The molecule has 0 saturated carbocycles. The molecule has 1 fully saturated rings. The number of benzene rings is 1. The quantitative estimate of drug-likeness (QED) is 0.779. The van der Waals surface area contributed by atoms with Gasteiger partial charge in [0.05, 0.1) is 7.11 Å². The van der Waals surface area contributed by atoms with Crippen LogP contribution in [0.4, 0.5) is 0 Å². The van der Waals surface area contributed by atoms with Crippen molar-refractivity contribution in [3.8, 4) is 5.75 Å². The molecule has 0 radical (unpaired) electrons. The zero-order valence-corrected chi connectivity index (χ0v) is 11.3. The number of nitrogens with zero attached hydrogens (tertiary/aromatic N) is 1. The van der Waals surface area contributed by atoms with Gasteiger partial charge < -0.3 is 9.64 Å². The Labute approximate surface area is 113 Å². The maximum Gasteiger partial charge on any atom is 0.223 e. The summed E-state index contributed by atoms with van der Waals surface area (Å²) >= 11 is 0. The average Bonchev–Trinajstić information content (AvgIpc) is 2.75. The smallest absolute Gasteiger partial charge is 0.223 e. The van der Waals surface area contributed by atoms with E-state index in [9.17, 15) is 4.79 Å². The number of carbonyl (C=O) groups is 1. The molecule has 100 valence electrons. The van der Waals surface area contributed by atoms with E-state index in [2.05, 4.69) is 12.6 Å². The van der Waals surface area contributed by atoms with Crippen LogP contribution in [0, 0.1) is 0 Å². The lowest BCUT2D eigenvalue weighted by atomic mass is 9.79. The minimum absolute atomic E-state index is 0.255. The van der Waals surface area contributed by atoms with Crippen LogP contribution < -0.4 is 4.74 Å². The first-order valence-corrected chi connectivity index (χ1v) is 6.82.